The van der Waals surface area contributed by atoms with Crippen LogP contribution >= 0.6 is 0 Å². The second-order valence-corrected chi connectivity index (χ2v) is 9.60. The second kappa shape index (κ2) is 10.6. The van der Waals surface area contributed by atoms with Crippen molar-refractivity contribution >= 4 is 23.8 Å². The van der Waals surface area contributed by atoms with Crippen LogP contribution in [0.2, 0.25) is 0 Å². The molecule has 3 aliphatic carbocycles. The molecule has 10 nitrogen and oxygen atoms in total. The molecule has 3 fully saturated rings. The van der Waals surface area contributed by atoms with Crippen molar-refractivity contribution in [2.75, 3.05) is 0 Å². The van der Waals surface area contributed by atoms with Crippen molar-refractivity contribution in [1.29, 1.82) is 0 Å². The predicted molar refractivity (Wildman–Crippen MR) is 111 cm³/mol. The molecule has 6 unspecified atom stereocenters. The van der Waals surface area contributed by atoms with Crippen LogP contribution in [-0.4, -0.2) is 68.5 Å². The van der Waals surface area contributed by atoms with Gasteiger partial charge in [-0.25, -0.2) is 0 Å². The molecule has 0 spiro atoms. The van der Waals surface area contributed by atoms with Crippen LogP contribution in [0.4, 0.5) is 0 Å². The zero-order valence-corrected chi connectivity index (χ0v) is 18.1. The summed E-state index contributed by atoms with van der Waals surface area (Å²) >= 11 is 0. The van der Waals surface area contributed by atoms with E-state index in [0.717, 1.165) is 0 Å². The standard InChI is InChI=1S/C22H34N2O8/c25-13-5-7-15(21(29)30)17(9-13)19(27)23-11-1-2-12(4-3-11)24-20(28)18-10-14(26)6-8-16(18)22(31)32/h11-18,25-26H,1-10H2,(H,23,27)(H,24,28)(H,29,30)(H,31,32). The molecule has 0 saturated heterocycles. The molecule has 180 valence electrons. The minimum absolute atomic E-state index is 0.132. The van der Waals surface area contributed by atoms with Gasteiger partial charge in [0.25, 0.3) is 0 Å². The third kappa shape index (κ3) is 5.98. The lowest BCUT2D eigenvalue weighted by Crippen LogP contribution is -2.50. The first-order valence-electron chi connectivity index (χ1n) is 11.6. The van der Waals surface area contributed by atoms with E-state index in [1.807, 2.05) is 0 Å². The molecule has 0 radical (unpaired) electrons. The summed E-state index contributed by atoms with van der Waals surface area (Å²) in [5.41, 5.74) is 0. The largest absolute Gasteiger partial charge is 0.481 e. The van der Waals surface area contributed by atoms with E-state index < -0.39 is 47.8 Å². The SMILES string of the molecule is O=C(O)C1CCC(O)CC1C(=O)NC1CCC(NC(=O)C2CC(O)CCC2C(=O)O)CC1. The fourth-order valence-electron chi connectivity index (χ4n) is 5.47. The van der Waals surface area contributed by atoms with Crippen molar-refractivity contribution in [2.45, 2.75) is 88.5 Å². The van der Waals surface area contributed by atoms with Crippen molar-refractivity contribution in [1.82, 2.24) is 10.6 Å². The van der Waals surface area contributed by atoms with E-state index in [4.69, 9.17) is 0 Å². The van der Waals surface area contributed by atoms with Gasteiger partial charge in [0, 0.05) is 12.1 Å². The maximum Gasteiger partial charge on any atom is 0.307 e. The van der Waals surface area contributed by atoms with Crippen molar-refractivity contribution in [3.05, 3.63) is 0 Å². The molecular formula is C22H34N2O8. The molecule has 0 aromatic heterocycles. The first-order valence-corrected chi connectivity index (χ1v) is 11.6. The zero-order chi connectivity index (χ0) is 23.4. The summed E-state index contributed by atoms with van der Waals surface area (Å²) in [6, 6.07) is -0.264. The first kappa shape index (κ1) is 24.4. The highest BCUT2D eigenvalue weighted by atomic mass is 16.4. The van der Waals surface area contributed by atoms with E-state index in [9.17, 15) is 39.6 Å². The van der Waals surface area contributed by atoms with Gasteiger partial charge in [-0.15, -0.1) is 0 Å². The van der Waals surface area contributed by atoms with Crippen LogP contribution in [0.5, 0.6) is 0 Å². The molecule has 0 bridgehead atoms. The topological polar surface area (TPSA) is 173 Å². The number of aliphatic hydroxyl groups excluding tert-OH is 2. The van der Waals surface area contributed by atoms with Crippen molar-refractivity contribution < 1.29 is 39.6 Å². The monoisotopic (exact) mass is 454 g/mol. The molecule has 3 aliphatic rings. The lowest BCUT2D eigenvalue weighted by molar-refractivity contribution is -0.151. The third-order valence-corrected chi connectivity index (χ3v) is 7.37. The van der Waals surface area contributed by atoms with Crippen LogP contribution < -0.4 is 10.6 Å². The summed E-state index contributed by atoms with van der Waals surface area (Å²) in [4.78, 5) is 48.3. The average Bonchev–Trinajstić information content (AvgIpc) is 2.74. The lowest BCUT2D eigenvalue weighted by Gasteiger charge is -2.35. The van der Waals surface area contributed by atoms with Gasteiger partial charge in [-0.05, 0) is 64.2 Å². The Labute approximate surface area is 186 Å². The summed E-state index contributed by atoms with van der Waals surface area (Å²) in [6.45, 7) is 0. The molecule has 2 amide bonds. The van der Waals surface area contributed by atoms with Crippen LogP contribution in [0.25, 0.3) is 0 Å². The van der Waals surface area contributed by atoms with Gasteiger partial charge in [-0.1, -0.05) is 0 Å². The normalized spacial score (nSPS) is 37.8. The van der Waals surface area contributed by atoms with E-state index in [1.165, 1.54) is 0 Å². The fourth-order valence-corrected chi connectivity index (χ4v) is 5.47. The second-order valence-electron chi connectivity index (χ2n) is 9.60. The first-order chi connectivity index (χ1) is 15.2. The minimum atomic E-state index is -1.02. The van der Waals surface area contributed by atoms with Gasteiger partial charge in [0.15, 0.2) is 0 Å². The van der Waals surface area contributed by atoms with Crippen LogP contribution in [0.15, 0.2) is 0 Å². The fraction of sp³-hybridized carbons (Fsp3) is 0.818. The maximum atomic E-state index is 12.7. The molecule has 3 saturated carbocycles. The van der Waals surface area contributed by atoms with E-state index in [2.05, 4.69) is 10.6 Å². The number of rotatable bonds is 6. The van der Waals surface area contributed by atoms with Gasteiger partial charge in [0.05, 0.1) is 35.9 Å². The Morgan fingerprint density at radius 2 is 0.875 bits per heavy atom. The molecule has 0 aliphatic heterocycles. The number of hydrogen-bond acceptors (Lipinski definition) is 6. The Morgan fingerprint density at radius 1 is 0.531 bits per heavy atom. The Kier molecular flexibility index (Phi) is 8.10. The average molecular weight is 455 g/mol. The number of aliphatic hydroxyl groups is 2. The molecule has 32 heavy (non-hydrogen) atoms. The van der Waals surface area contributed by atoms with Crippen molar-refractivity contribution in [2.24, 2.45) is 23.7 Å². The summed E-state index contributed by atoms with van der Waals surface area (Å²) in [6.07, 6.45) is 2.72. The van der Waals surface area contributed by atoms with E-state index in [1.54, 1.807) is 0 Å². The number of aliphatic carboxylic acids is 2. The Hall–Kier alpha value is -2.20. The van der Waals surface area contributed by atoms with Gasteiger partial charge < -0.3 is 31.1 Å². The smallest absolute Gasteiger partial charge is 0.307 e. The highest BCUT2D eigenvalue weighted by Crippen LogP contribution is 2.33. The van der Waals surface area contributed by atoms with E-state index in [0.29, 0.717) is 38.5 Å². The van der Waals surface area contributed by atoms with E-state index in [-0.39, 0.29) is 49.6 Å². The maximum absolute atomic E-state index is 12.7. The summed E-state index contributed by atoms with van der Waals surface area (Å²) in [5, 5.41) is 44.4. The summed E-state index contributed by atoms with van der Waals surface area (Å²) < 4.78 is 0. The molecule has 10 heteroatoms. The van der Waals surface area contributed by atoms with Crippen molar-refractivity contribution in [3.63, 3.8) is 0 Å². The molecular weight excluding hydrogens is 420 g/mol. The minimum Gasteiger partial charge on any atom is -0.481 e. The predicted octanol–water partition coefficient (Wildman–Crippen LogP) is 0.254. The zero-order valence-electron chi connectivity index (χ0n) is 18.1. The molecule has 6 N–H and O–H groups in total. The highest BCUT2D eigenvalue weighted by molar-refractivity contribution is 5.86. The summed E-state index contributed by atoms with van der Waals surface area (Å²) in [5.74, 6) is -5.80. The number of hydrogen-bond donors (Lipinski definition) is 6. The number of amides is 2. The molecule has 0 aromatic carbocycles. The van der Waals surface area contributed by atoms with Gasteiger partial charge in [0.1, 0.15) is 0 Å². The van der Waals surface area contributed by atoms with Crippen LogP contribution in [-0.2, 0) is 19.2 Å². The molecule has 0 aromatic rings. The Morgan fingerprint density at radius 3 is 1.19 bits per heavy atom. The van der Waals surface area contributed by atoms with Crippen LogP contribution in [0.1, 0.15) is 64.2 Å². The van der Waals surface area contributed by atoms with Gasteiger partial charge in [0.2, 0.25) is 11.8 Å². The molecule has 0 heterocycles. The highest BCUT2D eigenvalue weighted by Gasteiger charge is 2.41. The summed E-state index contributed by atoms with van der Waals surface area (Å²) in [7, 11) is 0. The third-order valence-electron chi connectivity index (χ3n) is 7.37. The van der Waals surface area contributed by atoms with Crippen molar-refractivity contribution in [3.8, 4) is 0 Å². The van der Waals surface area contributed by atoms with Gasteiger partial charge in [-0.2, -0.15) is 0 Å². The molecule has 6 atom stereocenters. The van der Waals surface area contributed by atoms with Crippen LogP contribution in [0, 0.1) is 23.7 Å². The number of carbonyl (C=O) groups excluding carboxylic acids is 2. The Balaban J connectivity index is 1.48. The van der Waals surface area contributed by atoms with E-state index >= 15 is 0 Å². The quantitative estimate of drug-likeness (QED) is 0.331. The van der Waals surface area contributed by atoms with Gasteiger partial charge in [-0.3, -0.25) is 19.2 Å². The number of carboxylic acids is 2. The molecule has 3 rings (SSSR count). The van der Waals surface area contributed by atoms with Gasteiger partial charge >= 0.3 is 11.9 Å². The number of carboxylic acid groups (broad SMARTS) is 2. The number of carbonyl (C=O) groups is 4. The number of nitrogens with one attached hydrogen (secondary N) is 2. The van der Waals surface area contributed by atoms with Crippen LogP contribution in [0.3, 0.4) is 0 Å². The Bertz CT molecular complexity index is 661. The lowest BCUT2D eigenvalue weighted by atomic mass is 9.76.